The van der Waals surface area contributed by atoms with Gasteiger partial charge in [-0.3, -0.25) is 4.79 Å². The van der Waals surface area contributed by atoms with Crippen molar-refractivity contribution in [1.29, 1.82) is 0 Å². The Morgan fingerprint density at radius 3 is 2.59 bits per heavy atom. The maximum Gasteiger partial charge on any atom is 0.249 e. The Hall–Kier alpha value is -2.95. The number of aromatic nitrogens is 2. The molecule has 1 amide bonds. The van der Waals surface area contributed by atoms with Crippen LogP contribution in [0.4, 0.5) is 0 Å². The largest absolute Gasteiger partial charge is 0.344 e. The number of nitrogens with one attached hydrogen (secondary N) is 1. The normalized spacial score (nSPS) is 12.1. The molecule has 0 saturated carbocycles. The molecule has 0 aliphatic rings. The van der Waals surface area contributed by atoms with E-state index in [0.717, 1.165) is 16.7 Å². The van der Waals surface area contributed by atoms with Crippen LogP contribution in [-0.2, 0) is 11.2 Å². The number of hydrogen-bond donors (Lipinski definition) is 1. The van der Waals surface area contributed by atoms with Crippen molar-refractivity contribution in [1.82, 2.24) is 15.5 Å². The van der Waals surface area contributed by atoms with Gasteiger partial charge < -0.3 is 9.84 Å². The van der Waals surface area contributed by atoms with Gasteiger partial charge in [-0.05, 0) is 30.9 Å². The van der Waals surface area contributed by atoms with Crippen LogP contribution in [0.2, 0.25) is 0 Å². The van der Waals surface area contributed by atoms with Crippen LogP contribution in [0.1, 0.15) is 43.3 Å². The van der Waals surface area contributed by atoms with Crippen molar-refractivity contribution in [3.05, 3.63) is 71.6 Å². The van der Waals surface area contributed by atoms with Gasteiger partial charge in [0, 0.05) is 12.0 Å². The molecule has 27 heavy (non-hydrogen) atoms. The molecule has 0 spiro atoms. The third kappa shape index (κ3) is 5.03. The van der Waals surface area contributed by atoms with E-state index in [1.54, 1.807) is 0 Å². The zero-order valence-corrected chi connectivity index (χ0v) is 16.0. The molecule has 1 atom stereocenters. The van der Waals surface area contributed by atoms with E-state index in [9.17, 15) is 4.79 Å². The molecule has 5 heteroatoms. The van der Waals surface area contributed by atoms with Crippen molar-refractivity contribution >= 4 is 5.91 Å². The highest BCUT2D eigenvalue weighted by atomic mass is 16.5. The number of aryl methyl sites for hydroxylation is 2. The maximum atomic E-state index is 12.4. The number of carbonyl (C=O) groups is 1. The van der Waals surface area contributed by atoms with E-state index in [1.807, 2.05) is 75.4 Å². The summed E-state index contributed by atoms with van der Waals surface area (Å²) in [5.41, 5.74) is 3.18. The molecule has 3 aromatic rings. The highest BCUT2D eigenvalue weighted by molar-refractivity contribution is 5.76. The van der Waals surface area contributed by atoms with Gasteiger partial charge in [0.15, 0.2) is 0 Å². The van der Waals surface area contributed by atoms with Gasteiger partial charge in [0.1, 0.15) is 6.04 Å². The SMILES string of the molecule is Cc1cccc(-c2noc([C@H](NC(=O)CCc3ccccc3)C(C)C)n2)c1. The average Bonchev–Trinajstić information content (AvgIpc) is 3.15. The lowest BCUT2D eigenvalue weighted by Crippen LogP contribution is -2.32. The van der Waals surface area contributed by atoms with E-state index >= 15 is 0 Å². The molecule has 1 heterocycles. The molecule has 0 aliphatic carbocycles. The molecule has 1 aromatic heterocycles. The molecule has 1 N–H and O–H groups in total. The Labute approximate surface area is 159 Å². The Bertz CT molecular complexity index is 887. The van der Waals surface area contributed by atoms with Crippen LogP contribution >= 0.6 is 0 Å². The lowest BCUT2D eigenvalue weighted by molar-refractivity contribution is -0.122. The summed E-state index contributed by atoms with van der Waals surface area (Å²) >= 11 is 0. The zero-order chi connectivity index (χ0) is 19.2. The molecular formula is C22H25N3O2. The van der Waals surface area contributed by atoms with E-state index in [1.165, 1.54) is 0 Å². The molecular weight excluding hydrogens is 338 g/mol. The van der Waals surface area contributed by atoms with E-state index in [4.69, 9.17) is 4.52 Å². The van der Waals surface area contributed by atoms with Gasteiger partial charge >= 0.3 is 0 Å². The minimum atomic E-state index is -0.306. The highest BCUT2D eigenvalue weighted by Crippen LogP contribution is 2.24. The fourth-order valence-corrected chi connectivity index (χ4v) is 2.92. The number of hydrogen-bond acceptors (Lipinski definition) is 4. The summed E-state index contributed by atoms with van der Waals surface area (Å²) in [5, 5.41) is 7.14. The van der Waals surface area contributed by atoms with E-state index < -0.39 is 0 Å². The zero-order valence-electron chi connectivity index (χ0n) is 16.0. The summed E-state index contributed by atoms with van der Waals surface area (Å²) in [5.74, 6) is 1.09. The first-order chi connectivity index (χ1) is 13.0. The highest BCUT2D eigenvalue weighted by Gasteiger charge is 2.24. The van der Waals surface area contributed by atoms with E-state index in [-0.39, 0.29) is 17.9 Å². The minimum Gasteiger partial charge on any atom is -0.344 e. The Morgan fingerprint density at radius 1 is 1.11 bits per heavy atom. The minimum absolute atomic E-state index is 0.0205. The third-order valence-corrected chi connectivity index (χ3v) is 4.45. The van der Waals surface area contributed by atoms with Crippen LogP contribution < -0.4 is 5.32 Å². The summed E-state index contributed by atoms with van der Waals surface area (Å²) in [4.78, 5) is 16.9. The number of rotatable bonds is 7. The molecule has 3 rings (SSSR count). The second-order valence-corrected chi connectivity index (χ2v) is 7.10. The lowest BCUT2D eigenvalue weighted by Gasteiger charge is -2.18. The quantitative estimate of drug-likeness (QED) is 0.671. The molecule has 0 radical (unpaired) electrons. The van der Waals surface area contributed by atoms with Gasteiger partial charge in [-0.2, -0.15) is 4.98 Å². The molecule has 140 valence electrons. The number of benzene rings is 2. The van der Waals surface area contributed by atoms with Crippen molar-refractivity contribution in [2.75, 3.05) is 0 Å². The summed E-state index contributed by atoms with van der Waals surface area (Å²) in [7, 11) is 0. The standard InChI is InChI=1S/C22H25N3O2/c1-15(2)20(23-19(26)13-12-17-9-5-4-6-10-17)22-24-21(25-27-22)18-11-7-8-16(3)14-18/h4-11,14-15,20H,12-13H2,1-3H3,(H,23,26)/t20-/m1/s1. The number of carbonyl (C=O) groups excluding carboxylic acids is 1. The summed E-state index contributed by atoms with van der Waals surface area (Å²) in [6, 6.07) is 17.6. The van der Waals surface area contributed by atoms with Crippen molar-refractivity contribution in [3.63, 3.8) is 0 Å². The fraction of sp³-hybridized carbons (Fsp3) is 0.318. The van der Waals surface area contributed by atoms with Gasteiger partial charge in [-0.1, -0.05) is 73.1 Å². The van der Waals surface area contributed by atoms with Crippen LogP contribution in [0.5, 0.6) is 0 Å². The Balaban J connectivity index is 1.68. The summed E-state index contributed by atoms with van der Waals surface area (Å²) in [6.45, 7) is 6.08. The first kappa shape index (κ1) is 18.8. The van der Waals surface area contributed by atoms with Gasteiger partial charge in [-0.25, -0.2) is 0 Å². The van der Waals surface area contributed by atoms with Gasteiger partial charge in [0.25, 0.3) is 0 Å². The van der Waals surface area contributed by atoms with Crippen molar-refractivity contribution in [3.8, 4) is 11.4 Å². The van der Waals surface area contributed by atoms with Crippen molar-refractivity contribution in [2.24, 2.45) is 5.92 Å². The first-order valence-corrected chi connectivity index (χ1v) is 9.27. The molecule has 0 bridgehead atoms. The van der Waals surface area contributed by atoms with Crippen molar-refractivity contribution < 1.29 is 9.32 Å². The first-order valence-electron chi connectivity index (χ1n) is 9.27. The maximum absolute atomic E-state index is 12.4. The van der Waals surface area contributed by atoms with E-state index in [0.29, 0.717) is 24.6 Å². The molecule has 2 aromatic carbocycles. The summed E-state index contributed by atoms with van der Waals surface area (Å²) < 4.78 is 5.47. The van der Waals surface area contributed by atoms with Crippen LogP contribution in [-0.4, -0.2) is 16.0 Å². The van der Waals surface area contributed by atoms with Gasteiger partial charge in [0.2, 0.25) is 17.6 Å². The van der Waals surface area contributed by atoms with Gasteiger partial charge in [-0.15, -0.1) is 0 Å². The Kier molecular flexibility index (Phi) is 6.01. The molecule has 0 unspecified atom stereocenters. The smallest absolute Gasteiger partial charge is 0.249 e. The van der Waals surface area contributed by atoms with Gasteiger partial charge in [0.05, 0.1) is 0 Å². The third-order valence-electron chi connectivity index (χ3n) is 4.45. The molecule has 0 saturated heterocycles. The van der Waals surface area contributed by atoms with Crippen LogP contribution in [0.3, 0.4) is 0 Å². The monoisotopic (exact) mass is 363 g/mol. The topological polar surface area (TPSA) is 68.0 Å². The lowest BCUT2D eigenvalue weighted by atomic mass is 10.0. The van der Waals surface area contributed by atoms with Crippen molar-refractivity contribution in [2.45, 2.75) is 39.7 Å². The number of amides is 1. The second kappa shape index (κ2) is 8.62. The molecule has 5 nitrogen and oxygen atoms in total. The molecule has 0 aliphatic heterocycles. The second-order valence-electron chi connectivity index (χ2n) is 7.10. The molecule has 0 fully saturated rings. The Morgan fingerprint density at radius 2 is 1.89 bits per heavy atom. The number of nitrogens with zero attached hydrogens (tertiary/aromatic N) is 2. The summed E-state index contributed by atoms with van der Waals surface area (Å²) in [6.07, 6.45) is 1.13. The fourth-order valence-electron chi connectivity index (χ4n) is 2.92. The van der Waals surface area contributed by atoms with Crippen LogP contribution in [0, 0.1) is 12.8 Å². The van der Waals surface area contributed by atoms with E-state index in [2.05, 4.69) is 15.5 Å². The predicted octanol–water partition coefficient (Wildman–Crippen LogP) is 4.49. The van der Waals surface area contributed by atoms with Crippen LogP contribution in [0.25, 0.3) is 11.4 Å². The predicted molar refractivity (Wildman–Crippen MR) is 105 cm³/mol. The average molecular weight is 363 g/mol. The van der Waals surface area contributed by atoms with Crippen LogP contribution in [0.15, 0.2) is 59.1 Å².